The molecule has 0 saturated heterocycles. The van der Waals surface area contributed by atoms with E-state index in [-0.39, 0.29) is 0 Å². The zero-order chi connectivity index (χ0) is 13.5. The van der Waals surface area contributed by atoms with Gasteiger partial charge in [0.1, 0.15) is 0 Å². The Hall–Kier alpha value is -1.29. The molecule has 0 fully saturated rings. The molecule has 17 heavy (non-hydrogen) atoms. The lowest BCUT2D eigenvalue weighted by atomic mass is 10.1. The second-order valence-electron chi connectivity index (χ2n) is 2.94. The van der Waals surface area contributed by atoms with Crippen LogP contribution in [-0.4, -0.2) is 8.42 Å². The Labute approximate surface area is 105 Å². The third-order valence-electron chi connectivity index (χ3n) is 2.03. The van der Waals surface area contributed by atoms with Crippen molar-refractivity contribution in [3.63, 3.8) is 0 Å². The van der Waals surface area contributed by atoms with E-state index in [0.29, 0.717) is 4.90 Å². The predicted octanol–water partition coefficient (Wildman–Crippen LogP) is 3.39. The summed E-state index contributed by atoms with van der Waals surface area (Å²) in [5, 5.41) is 0. The number of allylic oxidation sites excluding steroid dienone is 1. The number of hydrogen-bond acceptors (Lipinski definition) is 2. The summed E-state index contributed by atoms with van der Waals surface area (Å²) < 4.78 is 25.3. The van der Waals surface area contributed by atoms with Gasteiger partial charge in [-0.2, -0.15) is 0 Å². The Kier molecular flexibility index (Phi) is 6.58. The zero-order valence-corrected chi connectivity index (χ0v) is 11.9. The van der Waals surface area contributed by atoms with Gasteiger partial charge in [-0.25, -0.2) is 8.42 Å². The topological polar surface area (TPSA) is 46.2 Å². The summed E-state index contributed by atoms with van der Waals surface area (Å²) in [6, 6.07) is 6.96. The van der Waals surface area contributed by atoms with Crippen LogP contribution in [0.25, 0.3) is 5.57 Å². The summed E-state index contributed by atoms with van der Waals surface area (Å²) >= 11 is 0. The third-order valence-corrected chi connectivity index (χ3v) is 3.40. The van der Waals surface area contributed by atoms with Gasteiger partial charge >= 0.3 is 0 Å². The Morgan fingerprint density at radius 2 is 1.53 bits per heavy atom. The number of hydrogen-bond donors (Lipinski definition) is 1. The van der Waals surface area contributed by atoms with Crippen LogP contribution in [0.4, 0.5) is 0 Å². The molecule has 2 rings (SSSR count). The fourth-order valence-corrected chi connectivity index (χ4v) is 2.57. The Morgan fingerprint density at radius 3 is 2.06 bits per heavy atom. The van der Waals surface area contributed by atoms with E-state index in [9.17, 15) is 8.42 Å². The molecule has 0 atom stereocenters. The number of rotatable bonds is 0. The van der Waals surface area contributed by atoms with Crippen molar-refractivity contribution in [3.8, 4) is 0 Å². The van der Waals surface area contributed by atoms with Gasteiger partial charge in [0.2, 0.25) is 0 Å². The van der Waals surface area contributed by atoms with Crippen molar-refractivity contribution >= 4 is 15.6 Å². The van der Waals surface area contributed by atoms with E-state index in [1.807, 2.05) is 40.7 Å². The maximum Gasteiger partial charge on any atom is 0.262 e. The van der Waals surface area contributed by atoms with E-state index in [2.05, 4.69) is 4.72 Å². The van der Waals surface area contributed by atoms with Gasteiger partial charge in [-0.15, -0.1) is 0 Å². The summed E-state index contributed by atoms with van der Waals surface area (Å²) in [6.45, 7) is 9.88. The molecular weight excluding hydrogens is 234 g/mol. The van der Waals surface area contributed by atoms with Crippen LogP contribution in [0.3, 0.4) is 0 Å². The number of benzene rings is 1. The van der Waals surface area contributed by atoms with Crippen LogP contribution >= 0.6 is 0 Å². The first kappa shape index (κ1) is 15.7. The highest BCUT2D eigenvalue weighted by atomic mass is 32.2. The van der Waals surface area contributed by atoms with E-state index in [1.165, 1.54) is 6.20 Å². The summed E-state index contributed by atoms with van der Waals surface area (Å²) in [4.78, 5) is 0.356. The van der Waals surface area contributed by atoms with Crippen LogP contribution < -0.4 is 4.72 Å². The molecule has 96 valence electrons. The van der Waals surface area contributed by atoms with E-state index >= 15 is 0 Å². The molecule has 3 nitrogen and oxygen atoms in total. The molecule has 0 bridgehead atoms. The van der Waals surface area contributed by atoms with E-state index < -0.39 is 10.0 Å². The maximum absolute atomic E-state index is 11.5. The highest BCUT2D eigenvalue weighted by molar-refractivity contribution is 7.89. The molecule has 0 spiro atoms. The van der Waals surface area contributed by atoms with Gasteiger partial charge in [-0.1, -0.05) is 45.9 Å². The lowest BCUT2D eigenvalue weighted by Gasteiger charge is -2.15. The van der Waals surface area contributed by atoms with Crippen LogP contribution in [0.15, 0.2) is 35.4 Å². The molecule has 0 amide bonds. The second kappa shape index (κ2) is 7.12. The van der Waals surface area contributed by atoms with Crippen molar-refractivity contribution in [3.05, 3.63) is 36.0 Å². The molecule has 0 saturated carbocycles. The summed E-state index contributed by atoms with van der Waals surface area (Å²) in [5.74, 6) is 0. The smallest absolute Gasteiger partial charge is 0.262 e. The first-order valence-electron chi connectivity index (χ1n) is 5.90. The highest BCUT2D eigenvalue weighted by Gasteiger charge is 2.21. The van der Waals surface area contributed by atoms with Crippen molar-refractivity contribution in [2.24, 2.45) is 0 Å². The fourth-order valence-electron chi connectivity index (χ4n) is 1.33. The average Bonchev–Trinajstić information content (AvgIpc) is 2.40. The summed E-state index contributed by atoms with van der Waals surface area (Å²) in [5.41, 5.74) is 1.71. The summed E-state index contributed by atoms with van der Waals surface area (Å²) in [6.07, 6.45) is 1.51. The van der Waals surface area contributed by atoms with Gasteiger partial charge in [0.05, 0.1) is 4.90 Å². The molecule has 1 aliphatic heterocycles. The normalized spacial score (nSPS) is 14.8. The van der Waals surface area contributed by atoms with Crippen molar-refractivity contribution in [2.75, 3.05) is 0 Å². The quantitative estimate of drug-likeness (QED) is 0.772. The first-order chi connectivity index (χ1) is 8.11. The molecule has 1 aliphatic rings. The van der Waals surface area contributed by atoms with Crippen LogP contribution in [0, 0.1) is 0 Å². The minimum atomic E-state index is -3.30. The van der Waals surface area contributed by atoms with Crippen molar-refractivity contribution < 1.29 is 8.42 Å². The predicted molar refractivity (Wildman–Crippen MR) is 73.1 cm³/mol. The van der Waals surface area contributed by atoms with Crippen LogP contribution in [0.1, 0.15) is 40.2 Å². The lowest BCUT2D eigenvalue weighted by Crippen LogP contribution is -2.23. The first-order valence-corrected chi connectivity index (χ1v) is 7.38. The zero-order valence-electron chi connectivity index (χ0n) is 11.1. The van der Waals surface area contributed by atoms with Crippen molar-refractivity contribution in [2.45, 2.75) is 39.5 Å². The van der Waals surface area contributed by atoms with Crippen LogP contribution in [0.2, 0.25) is 0 Å². The molecule has 4 heteroatoms. The molecule has 0 aromatic heterocycles. The van der Waals surface area contributed by atoms with E-state index in [4.69, 9.17) is 0 Å². The SMILES string of the molecule is CC.CC.CC1=CNS(=O)(=O)c2ccccc21. The van der Waals surface area contributed by atoms with Gasteiger partial charge in [0.25, 0.3) is 10.0 Å². The van der Waals surface area contributed by atoms with Gasteiger partial charge in [-0.3, -0.25) is 4.72 Å². The fraction of sp³-hybridized carbons (Fsp3) is 0.385. The molecule has 1 N–H and O–H groups in total. The Bertz CT molecular complexity index is 476. The molecule has 0 radical (unpaired) electrons. The molecule has 0 aliphatic carbocycles. The third kappa shape index (κ3) is 3.60. The summed E-state index contributed by atoms with van der Waals surface area (Å²) in [7, 11) is -3.30. The number of sulfonamides is 1. The highest BCUT2D eigenvalue weighted by Crippen LogP contribution is 2.25. The molecule has 1 heterocycles. The van der Waals surface area contributed by atoms with Gasteiger partial charge in [0, 0.05) is 6.20 Å². The molecular formula is C13H21NO2S. The molecule has 0 unspecified atom stereocenters. The van der Waals surface area contributed by atoms with Crippen molar-refractivity contribution in [1.29, 1.82) is 0 Å². The maximum atomic E-state index is 11.5. The van der Waals surface area contributed by atoms with Gasteiger partial charge < -0.3 is 0 Å². The Balaban J connectivity index is 0.000000581. The van der Waals surface area contributed by atoms with Gasteiger partial charge in [0.15, 0.2) is 0 Å². The van der Waals surface area contributed by atoms with E-state index in [0.717, 1.165) is 11.1 Å². The van der Waals surface area contributed by atoms with E-state index in [1.54, 1.807) is 18.2 Å². The number of nitrogens with one attached hydrogen (secondary N) is 1. The monoisotopic (exact) mass is 255 g/mol. The van der Waals surface area contributed by atoms with Gasteiger partial charge in [-0.05, 0) is 24.1 Å². The minimum Gasteiger partial charge on any atom is -0.286 e. The average molecular weight is 255 g/mol. The minimum absolute atomic E-state index is 0.356. The standard InChI is InChI=1S/C9H9NO2S.2C2H6/c1-7-6-10-13(11,12)9-5-3-2-4-8(7)9;2*1-2/h2-6,10H,1H3;2*1-2H3. The number of fused-ring (bicyclic) bond motifs is 1. The largest absolute Gasteiger partial charge is 0.286 e. The Morgan fingerprint density at radius 1 is 1.00 bits per heavy atom. The second-order valence-corrected chi connectivity index (χ2v) is 4.63. The molecule has 1 aromatic rings. The molecule has 1 aromatic carbocycles. The van der Waals surface area contributed by atoms with Crippen LogP contribution in [0.5, 0.6) is 0 Å². The lowest BCUT2D eigenvalue weighted by molar-refractivity contribution is 0.589. The van der Waals surface area contributed by atoms with Crippen LogP contribution in [-0.2, 0) is 10.0 Å². The van der Waals surface area contributed by atoms with Crippen molar-refractivity contribution in [1.82, 2.24) is 4.72 Å².